The maximum atomic E-state index is 12.1. The monoisotopic (exact) mass is 248 g/mol. The van der Waals surface area contributed by atoms with Gasteiger partial charge in [-0.25, -0.2) is 9.97 Å². The van der Waals surface area contributed by atoms with E-state index >= 15 is 0 Å². The molecule has 1 saturated carbocycles. The van der Waals surface area contributed by atoms with Gasteiger partial charge in [0.1, 0.15) is 5.69 Å². The van der Waals surface area contributed by atoms with E-state index in [0.717, 1.165) is 6.42 Å². The third-order valence-corrected chi connectivity index (χ3v) is 3.53. The van der Waals surface area contributed by atoms with E-state index in [4.69, 9.17) is 5.73 Å². The van der Waals surface area contributed by atoms with Crippen LogP contribution in [0.2, 0.25) is 0 Å². The molecule has 2 atom stereocenters. The number of aromatic nitrogens is 2. The van der Waals surface area contributed by atoms with Gasteiger partial charge in [0, 0.05) is 11.7 Å². The Morgan fingerprint density at radius 2 is 2.11 bits per heavy atom. The fraction of sp³-hybridized carbons (Fsp3) is 0.615. The van der Waals surface area contributed by atoms with Crippen LogP contribution < -0.4 is 11.1 Å². The lowest BCUT2D eigenvalue weighted by atomic mass is 9.86. The molecule has 1 fully saturated rings. The van der Waals surface area contributed by atoms with Gasteiger partial charge in [0.05, 0.1) is 0 Å². The van der Waals surface area contributed by atoms with Crippen LogP contribution >= 0.6 is 0 Å². The van der Waals surface area contributed by atoms with E-state index in [-0.39, 0.29) is 17.9 Å². The molecule has 0 spiro atoms. The Kier molecular flexibility index (Phi) is 3.79. The van der Waals surface area contributed by atoms with Crippen molar-refractivity contribution in [1.82, 2.24) is 15.3 Å². The number of nitrogens with two attached hydrogens (primary N) is 1. The number of carbonyl (C=O) groups excluding carboxylic acids is 1. The average Bonchev–Trinajstić information content (AvgIpc) is 2.31. The van der Waals surface area contributed by atoms with E-state index in [0.29, 0.717) is 17.3 Å². The van der Waals surface area contributed by atoms with Crippen molar-refractivity contribution in [2.24, 2.45) is 5.92 Å². The molecule has 1 aliphatic rings. The highest BCUT2D eigenvalue weighted by atomic mass is 16.1. The van der Waals surface area contributed by atoms with Gasteiger partial charge in [-0.2, -0.15) is 0 Å². The zero-order valence-electron chi connectivity index (χ0n) is 10.9. The first kappa shape index (κ1) is 12.8. The smallest absolute Gasteiger partial charge is 0.270 e. The maximum absolute atomic E-state index is 12.1. The van der Waals surface area contributed by atoms with E-state index < -0.39 is 0 Å². The lowest BCUT2D eigenvalue weighted by Crippen LogP contribution is -2.41. The summed E-state index contributed by atoms with van der Waals surface area (Å²) in [6, 6.07) is 1.92. The number of carbonyl (C=O) groups is 1. The quantitative estimate of drug-likeness (QED) is 0.834. The highest BCUT2D eigenvalue weighted by Crippen LogP contribution is 2.23. The summed E-state index contributed by atoms with van der Waals surface area (Å²) in [5, 5.41) is 3.05. The summed E-state index contributed by atoms with van der Waals surface area (Å²) in [5.74, 6) is 0.533. The molecule has 0 aromatic carbocycles. The lowest BCUT2D eigenvalue weighted by molar-refractivity contribution is 0.0905. The number of hydrogen-bond acceptors (Lipinski definition) is 4. The van der Waals surface area contributed by atoms with Crippen LogP contribution in [0.25, 0.3) is 0 Å². The number of rotatable bonds is 2. The van der Waals surface area contributed by atoms with E-state index in [1.54, 1.807) is 13.0 Å². The first-order valence-electron chi connectivity index (χ1n) is 6.48. The molecule has 0 aliphatic heterocycles. The van der Waals surface area contributed by atoms with Gasteiger partial charge in [0.15, 0.2) is 0 Å². The van der Waals surface area contributed by atoms with E-state index in [9.17, 15) is 4.79 Å². The summed E-state index contributed by atoms with van der Waals surface area (Å²) in [6.07, 6.45) is 4.66. The zero-order valence-corrected chi connectivity index (χ0v) is 10.9. The van der Waals surface area contributed by atoms with Gasteiger partial charge >= 0.3 is 0 Å². The molecule has 0 radical (unpaired) electrons. The Morgan fingerprint density at radius 1 is 1.39 bits per heavy atom. The predicted molar refractivity (Wildman–Crippen MR) is 70.1 cm³/mol. The van der Waals surface area contributed by atoms with Crippen LogP contribution in [0.15, 0.2) is 6.07 Å². The molecule has 1 heterocycles. The van der Waals surface area contributed by atoms with Crippen molar-refractivity contribution in [3.63, 3.8) is 0 Å². The summed E-state index contributed by atoms with van der Waals surface area (Å²) < 4.78 is 0. The second-order valence-electron chi connectivity index (χ2n) is 5.09. The zero-order chi connectivity index (χ0) is 13.1. The van der Waals surface area contributed by atoms with Gasteiger partial charge in [0.25, 0.3) is 5.91 Å². The lowest BCUT2D eigenvalue weighted by Gasteiger charge is -2.29. The largest absolute Gasteiger partial charge is 0.368 e. The van der Waals surface area contributed by atoms with Crippen LogP contribution in [-0.4, -0.2) is 21.9 Å². The average molecular weight is 248 g/mol. The predicted octanol–water partition coefficient (Wildman–Crippen LogP) is 1.68. The molecule has 3 N–H and O–H groups in total. The second kappa shape index (κ2) is 5.33. The van der Waals surface area contributed by atoms with Crippen LogP contribution in [-0.2, 0) is 0 Å². The Balaban J connectivity index is 2.06. The first-order valence-corrected chi connectivity index (χ1v) is 6.48. The van der Waals surface area contributed by atoms with Crippen LogP contribution in [0.1, 0.15) is 48.8 Å². The van der Waals surface area contributed by atoms with Gasteiger partial charge in [-0.05, 0) is 31.7 Å². The van der Waals surface area contributed by atoms with Gasteiger partial charge in [-0.15, -0.1) is 0 Å². The fourth-order valence-corrected chi connectivity index (χ4v) is 2.48. The number of amides is 1. The number of nitrogen functional groups attached to an aromatic ring is 1. The minimum atomic E-state index is -0.147. The molecule has 2 rings (SSSR count). The SMILES string of the molecule is Cc1cc(C(=O)NC2CCCCC2C)nc(N)n1. The van der Waals surface area contributed by atoms with E-state index in [1.807, 2.05) is 0 Å². The van der Waals surface area contributed by atoms with Crippen molar-refractivity contribution in [3.05, 3.63) is 17.5 Å². The van der Waals surface area contributed by atoms with Crippen LogP contribution in [0.3, 0.4) is 0 Å². The Bertz CT molecular complexity index is 426. The third-order valence-electron chi connectivity index (χ3n) is 3.53. The van der Waals surface area contributed by atoms with Crippen molar-refractivity contribution >= 4 is 11.9 Å². The van der Waals surface area contributed by atoms with Crippen LogP contribution in [0.5, 0.6) is 0 Å². The van der Waals surface area contributed by atoms with Gasteiger partial charge in [-0.3, -0.25) is 4.79 Å². The summed E-state index contributed by atoms with van der Waals surface area (Å²) in [5.41, 5.74) is 6.63. The van der Waals surface area contributed by atoms with E-state index in [2.05, 4.69) is 22.2 Å². The first-order chi connectivity index (χ1) is 8.56. The molecule has 1 aliphatic carbocycles. The normalized spacial score (nSPS) is 23.7. The molecule has 1 aromatic heterocycles. The fourth-order valence-electron chi connectivity index (χ4n) is 2.48. The highest BCUT2D eigenvalue weighted by Gasteiger charge is 2.23. The molecule has 1 aromatic rings. The summed E-state index contributed by atoms with van der Waals surface area (Å²) in [7, 11) is 0. The molecule has 1 amide bonds. The minimum absolute atomic E-state index is 0.147. The van der Waals surface area contributed by atoms with Crippen molar-refractivity contribution in [2.75, 3.05) is 5.73 Å². The number of anilines is 1. The van der Waals surface area contributed by atoms with Gasteiger partial charge in [-0.1, -0.05) is 19.8 Å². The molecule has 5 heteroatoms. The number of nitrogens with zero attached hydrogens (tertiary/aromatic N) is 2. The summed E-state index contributed by atoms with van der Waals surface area (Å²) >= 11 is 0. The van der Waals surface area contributed by atoms with Gasteiger partial charge < -0.3 is 11.1 Å². The number of hydrogen-bond donors (Lipinski definition) is 2. The molecule has 5 nitrogen and oxygen atoms in total. The Morgan fingerprint density at radius 3 is 2.78 bits per heavy atom. The Hall–Kier alpha value is -1.65. The van der Waals surface area contributed by atoms with Gasteiger partial charge in [0.2, 0.25) is 5.95 Å². The maximum Gasteiger partial charge on any atom is 0.270 e. The van der Waals surface area contributed by atoms with Crippen molar-refractivity contribution in [3.8, 4) is 0 Å². The number of aryl methyl sites for hydroxylation is 1. The van der Waals surface area contributed by atoms with Crippen molar-refractivity contribution in [2.45, 2.75) is 45.6 Å². The van der Waals surface area contributed by atoms with Crippen LogP contribution in [0, 0.1) is 12.8 Å². The van der Waals surface area contributed by atoms with E-state index in [1.165, 1.54) is 19.3 Å². The summed E-state index contributed by atoms with van der Waals surface area (Å²) in [6.45, 7) is 3.99. The highest BCUT2D eigenvalue weighted by molar-refractivity contribution is 5.92. The molecular formula is C13H20N4O. The van der Waals surface area contributed by atoms with Crippen LogP contribution in [0.4, 0.5) is 5.95 Å². The summed E-state index contributed by atoms with van der Waals surface area (Å²) in [4.78, 5) is 20.1. The number of nitrogens with one attached hydrogen (secondary N) is 1. The molecular weight excluding hydrogens is 228 g/mol. The Labute approximate surface area is 107 Å². The molecule has 0 bridgehead atoms. The molecule has 98 valence electrons. The second-order valence-corrected chi connectivity index (χ2v) is 5.09. The molecule has 18 heavy (non-hydrogen) atoms. The molecule has 2 unspecified atom stereocenters. The minimum Gasteiger partial charge on any atom is -0.368 e. The molecule has 0 saturated heterocycles. The van der Waals surface area contributed by atoms with Crippen molar-refractivity contribution < 1.29 is 4.79 Å². The topological polar surface area (TPSA) is 80.9 Å². The third kappa shape index (κ3) is 2.97. The van der Waals surface area contributed by atoms with Crippen molar-refractivity contribution in [1.29, 1.82) is 0 Å². The standard InChI is InChI=1S/C13H20N4O/c1-8-5-3-4-6-10(8)16-12(18)11-7-9(2)15-13(14)17-11/h7-8,10H,3-6H2,1-2H3,(H,16,18)(H2,14,15,17).